The molecule has 1 aromatic carbocycles. The number of alkyl halides is 1. The number of benzene rings is 1. The van der Waals surface area contributed by atoms with Crippen LogP contribution in [0.25, 0.3) is 0 Å². The fourth-order valence-electron chi connectivity index (χ4n) is 2.57. The Morgan fingerprint density at radius 2 is 2.05 bits per heavy atom. The van der Waals surface area contributed by atoms with Gasteiger partial charge in [-0.3, -0.25) is 10.1 Å². The van der Waals surface area contributed by atoms with E-state index in [1.807, 2.05) is 23.5 Å². The van der Waals surface area contributed by atoms with Crippen molar-refractivity contribution in [3.63, 3.8) is 0 Å². The molecule has 0 fully saturated rings. The molecular formula is C15H14BrNO2S. The van der Waals surface area contributed by atoms with E-state index in [9.17, 15) is 10.1 Å². The number of aryl methyl sites for hydroxylation is 2. The Kier molecular flexibility index (Phi) is 3.89. The van der Waals surface area contributed by atoms with Crippen molar-refractivity contribution < 1.29 is 4.92 Å². The number of thiophene rings is 1. The first-order valence-corrected chi connectivity index (χ1v) is 8.35. The van der Waals surface area contributed by atoms with Crippen molar-refractivity contribution in [3.05, 3.63) is 61.3 Å². The van der Waals surface area contributed by atoms with Gasteiger partial charge in [0, 0.05) is 21.9 Å². The number of non-ortho nitro benzene ring substituents is 1. The fraction of sp³-hybridized carbons (Fsp3) is 0.333. The first-order valence-electron chi connectivity index (χ1n) is 6.62. The summed E-state index contributed by atoms with van der Waals surface area (Å²) >= 11 is 5.65. The summed E-state index contributed by atoms with van der Waals surface area (Å²) in [7, 11) is 0. The molecule has 1 atom stereocenters. The van der Waals surface area contributed by atoms with Crippen LogP contribution in [-0.2, 0) is 19.3 Å². The Morgan fingerprint density at radius 1 is 1.30 bits per heavy atom. The highest BCUT2D eigenvalue weighted by atomic mass is 79.9. The van der Waals surface area contributed by atoms with Gasteiger partial charge in [-0.1, -0.05) is 28.1 Å². The average molecular weight is 352 g/mol. The molecule has 0 spiro atoms. The Balaban J connectivity index is 1.71. The van der Waals surface area contributed by atoms with Gasteiger partial charge in [0.15, 0.2) is 0 Å². The number of hydrogen-bond acceptors (Lipinski definition) is 3. The van der Waals surface area contributed by atoms with Gasteiger partial charge in [-0.25, -0.2) is 0 Å². The van der Waals surface area contributed by atoms with Crippen LogP contribution in [0.15, 0.2) is 30.3 Å². The molecule has 0 saturated heterocycles. The molecular weight excluding hydrogens is 338 g/mol. The predicted octanol–water partition coefficient (Wildman–Crippen LogP) is 4.82. The van der Waals surface area contributed by atoms with Crippen LogP contribution in [0.4, 0.5) is 5.69 Å². The van der Waals surface area contributed by atoms with E-state index < -0.39 is 0 Å². The second kappa shape index (κ2) is 5.66. The molecule has 1 aromatic heterocycles. The smallest absolute Gasteiger partial charge is 0.258 e. The molecule has 20 heavy (non-hydrogen) atoms. The van der Waals surface area contributed by atoms with E-state index in [1.165, 1.54) is 34.6 Å². The van der Waals surface area contributed by atoms with E-state index in [1.54, 1.807) is 12.1 Å². The van der Waals surface area contributed by atoms with Crippen molar-refractivity contribution in [1.82, 2.24) is 0 Å². The summed E-state index contributed by atoms with van der Waals surface area (Å²) in [5.74, 6) is 0. The molecule has 1 aliphatic rings. The minimum Gasteiger partial charge on any atom is -0.258 e. The second-order valence-electron chi connectivity index (χ2n) is 5.05. The molecule has 0 N–H and O–H groups in total. The van der Waals surface area contributed by atoms with Gasteiger partial charge in [0.1, 0.15) is 0 Å². The lowest BCUT2D eigenvalue weighted by atomic mass is 10.1. The highest BCUT2D eigenvalue weighted by molar-refractivity contribution is 9.09. The Labute approximate surface area is 129 Å². The summed E-state index contributed by atoms with van der Waals surface area (Å²) in [5.41, 5.74) is 2.78. The number of nitrogens with zero attached hydrogens (tertiary/aromatic N) is 1. The molecule has 1 heterocycles. The predicted molar refractivity (Wildman–Crippen MR) is 84.8 cm³/mol. The van der Waals surface area contributed by atoms with Crippen molar-refractivity contribution in [2.75, 3.05) is 0 Å². The van der Waals surface area contributed by atoms with Gasteiger partial charge in [-0.15, -0.1) is 11.3 Å². The lowest BCUT2D eigenvalue weighted by Crippen LogP contribution is -1.94. The molecule has 3 rings (SSSR count). The average Bonchev–Trinajstić information content (AvgIpc) is 2.99. The van der Waals surface area contributed by atoms with E-state index >= 15 is 0 Å². The summed E-state index contributed by atoms with van der Waals surface area (Å²) < 4.78 is 0. The van der Waals surface area contributed by atoms with Crippen LogP contribution in [0.2, 0.25) is 0 Å². The zero-order valence-electron chi connectivity index (χ0n) is 10.8. The molecule has 0 radical (unpaired) electrons. The van der Waals surface area contributed by atoms with Crippen molar-refractivity contribution in [2.24, 2.45) is 0 Å². The molecule has 104 valence electrons. The third-order valence-electron chi connectivity index (χ3n) is 3.64. The standard InChI is InChI=1S/C15H14BrNO2S/c16-13(15-9-11-2-1-3-14(11)20-15)8-10-4-6-12(7-5-10)17(18)19/h4-7,9,13H,1-3,8H2. The molecule has 1 unspecified atom stereocenters. The van der Waals surface area contributed by atoms with Crippen LogP contribution in [0.5, 0.6) is 0 Å². The Morgan fingerprint density at radius 3 is 2.70 bits per heavy atom. The van der Waals surface area contributed by atoms with Crippen LogP contribution < -0.4 is 0 Å². The largest absolute Gasteiger partial charge is 0.269 e. The number of fused-ring (bicyclic) bond motifs is 1. The molecule has 3 nitrogen and oxygen atoms in total. The van der Waals surface area contributed by atoms with Gasteiger partial charge in [0.05, 0.1) is 9.75 Å². The fourth-order valence-corrected chi connectivity index (χ4v) is 4.59. The maximum atomic E-state index is 10.6. The molecule has 0 saturated carbocycles. The monoisotopic (exact) mass is 351 g/mol. The zero-order chi connectivity index (χ0) is 14.1. The first-order chi connectivity index (χ1) is 9.63. The third-order valence-corrected chi connectivity index (χ3v) is 6.11. The highest BCUT2D eigenvalue weighted by Crippen LogP contribution is 2.38. The summed E-state index contributed by atoms with van der Waals surface area (Å²) in [5, 5.41) is 10.6. The van der Waals surface area contributed by atoms with Gasteiger partial charge in [0.25, 0.3) is 5.69 Å². The number of halogens is 1. The van der Waals surface area contributed by atoms with Crippen LogP contribution >= 0.6 is 27.3 Å². The normalized spacial score (nSPS) is 15.1. The van der Waals surface area contributed by atoms with Gasteiger partial charge in [-0.05, 0) is 42.9 Å². The second-order valence-corrected chi connectivity index (χ2v) is 7.32. The van der Waals surface area contributed by atoms with Crippen LogP contribution in [-0.4, -0.2) is 4.92 Å². The van der Waals surface area contributed by atoms with Crippen molar-refractivity contribution >= 4 is 33.0 Å². The van der Waals surface area contributed by atoms with Crippen LogP contribution in [0, 0.1) is 10.1 Å². The van der Waals surface area contributed by atoms with Gasteiger partial charge < -0.3 is 0 Å². The van der Waals surface area contributed by atoms with Gasteiger partial charge >= 0.3 is 0 Å². The van der Waals surface area contributed by atoms with E-state index in [0.29, 0.717) is 4.83 Å². The van der Waals surface area contributed by atoms with E-state index in [4.69, 9.17) is 0 Å². The topological polar surface area (TPSA) is 43.1 Å². The molecule has 2 aromatic rings. The lowest BCUT2D eigenvalue weighted by Gasteiger charge is -2.07. The number of hydrogen-bond donors (Lipinski definition) is 0. The summed E-state index contributed by atoms with van der Waals surface area (Å²) in [6, 6.07) is 9.14. The minimum atomic E-state index is -0.362. The SMILES string of the molecule is O=[N+]([O-])c1ccc(CC(Br)c2cc3c(s2)CCC3)cc1. The Bertz CT molecular complexity index is 614. The molecule has 0 aliphatic heterocycles. The van der Waals surface area contributed by atoms with Crippen LogP contribution in [0.3, 0.4) is 0 Å². The zero-order valence-corrected chi connectivity index (χ0v) is 13.2. The van der Waals surface area contributed by atoms with Crippen molar-refractivity contribution in [1.29, 1.82) is 0 Å². The maximum absolute atomic E-state index is 10.6. The molecule has 1 aliphatic carbocycles. The van der Waals surface area contributed by atoms with Gasteiger partial charge in [0.2, 0.25) is 0 Å². The van der Waals surface area contributed by atoms with E-state index in [2.05, 4.69) is 22.0 Å². The van der Waals surface area contributed by atoms with Crippen molar-refractivity contribution in [2.45, 2.75) is 30.5 Å². The maximum Gasteiger partial charge on any atom is 0.269 e. The van der Waals surface area contributed by atoms with Crippen LogP contribution in [0.1, 0.15) is 32.1 Å². The Hall–Kier alpha value is -1.20. The van der Waals surface area contributed by atoms with E-state index in [-0.39, 0.29) is 10.6 Å². The number of nitro groups is 1. The first kappa shape index (κ1) is 13.8. The third kappa shape index (κ3) is 2.79. The van der Waals surface area contributed by atoms with E-state index in [0.717, 1.165) is 12.0 Å². The summed E-state index contributed by atoms with van der Waals surface area (Å²) in [4.78, 5) is 13.5. The molecule has 0 bridgehead atoms. The highest BCUT2D eigenvalue weighted by Gasteiger charge is 2.19. The van der Waals surface area contributed by atoms with Gasteiger partial charge in [-0.2, -0.15) is 0 Å². The lowest BCUT2D eigenvalue weighted by molar-refractivity contribution is -0.384. The molecule has 5 heteroatoms. The van der Waals surface area contributed by atoms with Crippen molar-refractivity contribution in [3.8, 4) is 0 Å². The number of rotatable bonds is 4. The molecule has 0 amide bonds. The summed E-state index contributed by atoms with van der Waals surface area (Å²) in [6.07, 6.45) is 4.58. The summed E-state index contributed by atoms with van der Waals surface area (Å²) in [6.45, 7) is 0. The number of nitro benzene ring substituents is 1. The minimum absolute atomic E-state index is 0.148. The quantitative estimate of drug-likeness (QED) is 0.450.